The maximum Gasteiger partial charge on any atom is 0.260 e. The predicted molar refractivity (Wildman–Crippen MR) is 118 cm³/mol. The number of nitrogens with zero attached hydrogens (tertiary/aromatic N) is 2. The van der Waals surface area contributed by atoms with Crippen molar-refractivity contribution in [3.05, 3.63) is 53.1 Å². The van der Waals surface area contributed by atoms with Gasteiger partial charge in [0, 0.05) is 5.02 Å². The van der Waals surface area contributed by atoms with E-state index in [2.05, 4.69) is 10.5 Å². The number of sulfonamides is 1. The summed E-state index contributed by atoms with van der Waals surface area (Å²) in [5.74, 6) is 0.581. The summed E-state index contributed by atoms with van der Waals surface area (Å²) in [5.41, 5.74) is 3.30. The number of benzene rings is 2. The molecular weight excluding hydrogens is 430 g/mol. The molecule has 10 heteroatoms. The van der Waals surface area contributed by atoms with Crippen LogP contribution in [0.3, 0.4) is 0 Å². The van der Waals surface area contributed by atoms with Crippen molar-refractivity contribution >= 4 is 39.4 Å². The van der Waals surface area contributed by atoms with Crippen LogP contribution in [0.5, 0.6) is 11.5 Å². The van der Waals surface area contributed by atoms with Gasteiger partial charge >= 0.3 is 0 Å². The highest BCUT2D eigenvalue weighted by Gasteiger charge is 2.20. The third kappa shape index (κ3) is 6.93. The second kappa shape index (κ2) is 10.8. The maximum absolute atomic E-state index is 12.2. The lowest BCUT2D eigenvalue weighted by Gasteiger charge is -2.21. The van der Waals surface area contributed by atoms with Crippen LogP contribution in [-0.2, 0) is 14.8 Å². The number of ether oxygens (including phenoxy) is 2. The van der Waals surface area contributed by atoms with Crippen LogP contribution in [0.4, 0.5) is 5.69 Å². The summed E-state index contributed by atoms with van der Waals surface area (Å²) in [5, 5.41) is 4.26. The molecule has 2 aromatic carbocycles. The average Bonchev–Trinajstić information content (AvgIpc) is 2.67. The van der Waals surface area contributed by atoms with Gasteiger partial charge in [0.05, 0.1) is 31.4 Å². The van der Waals surface area contributed by atoms with Crippen molar-refractivity contribution in [2.75, 3.05) is 30.3 Å². The van der Waals surface area contributed by atoms with E-state index in [1.165, 1.54) is 12.3 Å². The number of carbonyl (C=O) groups is 1. The molecule has 0 radical (unpaired) electrons. The van der Waals surface area contributed by atoms with Crippen molar-refractivity contribution in [1.82, 2.24) is 5.43 Å². The Bertz CT molecular complexity index is 1010. The standard InChI is InChI=1S/C20H24ClN3O5S/c1-4-28-18-10-9-15(11-19(18)29-5-2)13-22-23-20(25)14-24(30(3,26)27)17-8-6-7-16(21)12-17/h6-13H,4-5,14H2,1-3H3,(H,23,25)/b22-13-. The van der Waals surface area contributed by atoms with Gasteiger partial charge in [-0.15, -0.1) is 0 Å². The van der Waals surface area contributed by atoms with Gasteiger partial charge in [-0.1, -0.05) is 17.7 Å². The second-order valence-electron chi connectivity index (χ2n) is 6.11. The molecule has 0 atom stereocenters. The minimum Gasteiger partial charge on any atom is -0.490 e. The molecule has 0 aliphatic heterocycles. The lowest BCUT2D eigenvalue weighted by Crippen LogP contribution is -2.39. The fourth-order valence-corrected chi connectivity index (χ4v) is 3.56. The summed E-state index contributed by atoms with van der Waals surface area (Å²) in [7, 11) is -3.70. The number of hydrogen-bond acceptors (Lipinski definition) is 6. The first-order chi connectivity index (χ1) is 14.2. The molecule has 2 rings (SSSR count). The van der Waals surface area contributed by atoms with Crippen LogP contribution in [0, 0.1) is 0 Å². The predicted octanol–water partition coefficient (Wildman–Crippen LogP) is 3.05. The van der Waals surface area contributed by atoms with Gasteiger partial charge in [0.15, 0.2) is 11.5 Å². The van der Waals surface area contributed by atoms with Crippen LogP contribution in [0.1, 0.15) is 19.4 Å². The van der Waals surface area contributed by atoms with Gasteiger partial charge in [-0.25, -0.2) is 13.8 Å². The Morgan fingerprint density at radius 2 is 1.83 bits per heavy atom. The zero-order valence-corrected chi connectivity index (χ0v) is 18.5. The van der Waals surface area contributed by atoms with Gasteiger partial charge in [0.25, 0.3) is 5.91 Å². The summed E-state index contributed by atoms with van der Waals surface area (Å²) in [6.45, 7) is 4.28. The Kier molecular flexibility index (Phi) is 8.49. The minimum absolute atomic E-state index is 0.289. The number of carbonyl (C=O) groups excluding carboxylic acids is 1. The highest BCUT2D eigenvalue weighted by Crippen LogP contribution is 2.28. The third-order valence-electron chi connectivity index (χ3n) is 3.75. The van der Waals surface area contributed by atoms with E-state index in [-0.39, 0.29) is 5.69 Å². The number of amides is 1. The molecule has 30 heavy (non-hydrogen) atoms. The number of anilines is 1. The Balaban J connectivity index is 2.08. The van der Waals surface area contributed by atoms with Crippen LogP contribution >= 0.6 is 11.6 Å². The van der Waals surface area contributed by atoms with Crippen LogP contribution < -0.4 is 19.2 Å². The van der Waals surface area contributed by atoms with Gasteiger partial charge in [-0.3, -0.25) is 9.10 Å². The highest BCUT2D eigenvalue weighted by molar-refractivity contribution is 7.92. The quantitative estimate of drug-likeness (QED) is 0.440. The summed E-state index contributed by atoms with van der Waals surface area (Å²) < 4.78 is 36.2. The van der Waals surface area contributed by atoms with Crippen molar-refractivity contribution in [1.29, 1.82) is 0 Å². The Hall–Kier alpha value is -2.78. The van der Waals surface area contributed by atoms with Gasteiger partial charge in [0.1, 0.15) is 6.54 Å². The zero-order valence-electron chi connectivity index (χ0n) is 17.0. The summed E-state index contributed by atoms with van der Waals surface area (Å²) in [6.07, 6.45) is 2.44. The number of rotatable bonds is 10. The van der Waals surface area contributed by atoms with Crippen LogP contribution in [-0.4, -0.2) is 46.6 Å². The molecule has 0 bridgehead atoms. The van der Waals surface area contributed by atoms with E-state index in [1.54, 1.807) is 36.4 Å². The fourth-order valence-electron chi connectivity index (χ4n) is 2.52. The van der Waals surface area contributed by atoms with Crippen molar-refractivity contribution in [2.45, 2.75) is 13.8 Å². The van der Waals surface area contributed by atoms with Gasteiger partial charge in [-0.2, -0.15) is 5.10 Å². The lowest BCUT2D eigenvalue weighted by molar-refractivity contribution is -0.119. The molecule has 0 heterocycles. The number of hydrazone groups is 1. The normalized spacial score (nSPS) is 11.3. The fraction of sp³-hybridized carbons (Fsp3) is 0.300. The summed E-state index contributed by atoms with van der Waals surface area (Å²) >= 11 is 5.93. The Morgan fingerprint density at radius 3 is 2.47 bits per heavy atom. The highest BCUT2D eigenvalue weighted by atomic mass is 35.5. The summed E-state index contributed by atoms with van der Waals surface area (Å²) in [4.78, 5) is 12.2. The minimum atomic E-state index is -3.70. The molecule has 8 nitrogen and oxygen atoms in total. The average molecular weight is 454 g/mol. The van der Waals surface area contributed by atoms with Crippen LogP contribution in [0.25, 0.3) is 0 Å². The molecule has 0 aliphatic carbocycles. The Morgan fingerprint density at radius 1 is 1.13 bits per heavy atom. The first-order valence-electron chi connectivity index (χ1n) is 9.19. The largest absolute Gasteiger partial charge is 0.490 e. The third-order valence-corrected chi connectivity index (χ3v) is 5.13. The van der Waals surface area contributed by atoms with E-state index < -0.39 is 22.5 Å². The first kappa shape index (κ1) is 23.5. The van der Waals surface area contributed by atoms with Crippen molar-refractivity contribution in [3.8, 4) is 11.5 Å². The van der Waals surface area contributed by atoms with Gasteiger partial charge in [0.2, 0.25) is 10.0 Å². The SMILES string of the molecule is CCOc1ccc(/C=N\NC(=O)CN(c2cccc(Cl)c2)S(C)(=O)=O)cc1OCC. The van der Waals surface area contributed by atoms with E-state index in [1.807, 2.05) is 13.8 Å². The van der Waals surface area contributed by atoms with Crippen molar-refractivity contribution < 1.29 is 22.7 Å². The summed E-state index contributed by atoms with van der Waals surface area (Å²) in [6, 6.07) is 11.5. The lowest BCUT2D eigenvalue weighted by atomic mass is 10.2. The molecule has 0 spiro atoms. The topological polar surface area (TPSA) is 97.3 Å². The Labute approximate surface area is 181 Å². The molecule has 0 unspecified atom stereocenters. The van der Waals surface area contributed by atoms with Gasteiger partial charge < -0.3 is 9.47 Å². The molecule has 0 aliphatic rings. The van der Waals surface area contributed by atoms with Crippen molar-refractivity contribution in [2.24, 2.45) is 5.10 Å². The molecule has 1 amide bonds. The molecule has 1 N–H and O–H groups in total. The van der Waals surface area contributed by atoms with Gasteiger partial charge in [-0.05, 0) is 55.8 Å². The van der Waals surface area contributed by atoms with Crippen molar-refractivity contribution in [3.63, 3.8) is 0 Å². The van der Waals surface area contributed by atoms with Crippen LogP contribution in [0.15, 0.2) is 47.6 Å². The second-order valence-corrected chi connectivity index (χ2v) is 8.46. The smallest absolute Gasteiger partial charge is 0.260 e. The molecule has 0 aromatic heterocycles. The molecule has 0 saturated carbocycles. The number of hydrogen-bond donors (Lipinski definition) is 1. The van der Waals surface area contributed by atoms with E-state index in [4.69, 9.17) is 21.1 Å². The maximum atomic E-state index is 12.2. The first-order valence-corrected chi connectivity index (χ1v) is 11.4. The molecule has 0 saturated heterocycles. The molecular formula is C20H24ClN3O5S. The van der Waals surface area contributed by atoms with E-state index in [0.717, 1.165) is 10.6 Å². The van der Waals surface area contributed by atoms with E-state index >= 15 is 0 Å². The molecule has 0 fully saturated rings. The number of nitrogens with one attached hydrogen (secondary N) is 1. The monoisotopic (exact) mass is 453 g/mol. The van der Waals surface area contributed by atoms with Crippen LogP contribution in [0.2, 0.25) is 5.02 Å². The molecule has 2 aromatic rings. The molecule has 162 valence electrons. The zero-order chi connectivity index (χ0) is 22.1. The van der Waals surface area contributed by atoms with E-state index in [0.29, 0.717) is 35.3 Å². The van der Waals surface area contributed by atoms with E-state index in [9.17, 15) is 13.2 Å². The number of halogens is 1.